The zero-order valence-corrected chi connectivity index (χ0v) is 11.7. The summed E-state index contributed by atoms with van der Waals surface area (Å²) in [5.74, 6) is -0.666. The first-order valence-electron chi connectivity index (χ1n) is 6.72. The Hall–Kier alpha value is -1.38. The summed E-state index contributed by atoms with van der Waals surface area (Å²) in [6.45, 7) is 4.09. The maximum absolute atomic E-state index is 10.9. The van der Waals surface area contributed by atoms with E-state index in [4.69, 9.17) is 21.3 Å². The second kappa shape index (κ2) is 8.03. The third kappa shape index (κ3) is 5.72. The van der Waals surface area contributed by atoms with E-state index in [1.165, 1.54) is 0 Å². The van der Waals surface area contributed by atoms with Gasteiger partial charge in [0, 0.05) is 25.2 Å². The molecule has 20 heavy (non-hydrogen) atoms. The quantitative estimate of drug-likeness (QED) is 0.443. The lowest BCUT2D eigenvalue weighted by atomic mass is 10.1. The van der Waals surface area contributed by atoms with Gasteiger partial charge in [-0.05, 0) is 18.9 Å². The average molecular weight is 288 g/mol. The topological polar surface area (TPSA) is 131 Å². The van der Waals surface area contributed by atoms with Gasteiger partial charge >= 0.3 is 12.0 Å². The molecule has 8 heteroatoms. The van der Waals surface area contributed by atoms with Crippen molar-refractivity contribution in [3.8, 4) is 0 Å². The first kappa shape index (κ1) is 16.7. The van der Waals surface area contributed by atoms with Crippen molar-refractivity contribution in [2.45, 2.75) is 25.4 Å². The number of hydrogen-bond donors (Lipinski definition) is 4. The van der Waals surface area contributed by atoms with Crippen molar-refractivity contribution in [2.24, 2.45) is 17.4 Å². The number of nitrogens with two attached hydrogens (primary N) is 2. The summed E-state index contributed by atoms with van der Waals surface area (Å²) in [6, 6.07) is -0.509. The number of nitrogens with one attached hydrogen (secondary N) is 1. The molecule has 8 nitrogen and oxygen atoms in total. The molecular weight excluding hydrogens is 264 g/mol. The van der Waals surface area contributed by atoms with E-state index in [0.717, 1.165) is 6.54 Å². The Morgan fingerprint density at radius 1 is 1.55 bits per heavy atom. The fourth-order valence-corrected chi connectivity index (χ4v) is 2.44. The first-order valence-corrected chi connectivity index (χ1v) is 6.72. The highest BCUT2D eigenvalue weighted by Gasteiger charge is 2.33. The number of likely N-dealkylation sites (tertiary alicyclic amines) is 1. The smallest absolute Gasteiger partial charge is 0.329 e. The van der Waals surface area contributed by atoms with Crippen molar-refractivity contribution in [1.82, 2.24) is 10.2 Å². The van der Waals surface area contributed by atoms with E-state index in [-0.39, 0.29) is 18.7 Å². The minimum Gasteiger partial charge on any atom is -0.480 e. The number of carboxylic acid groups (broad SMARTS) is 1. The molecular formula is C12H24N4O4. The van der Waals surface area contributed by atoms with Crippen LogP contribution in [0.1, 0.15) is 13.3 Å². The Balaban J connectivity index is 2.51. The predicted molar refractivity (Wildman–Crippen MR) is 73.2 cm³/mol. The van der Waals surface area contributed by atoms with E-state index in [1.54, 1.807) is 0 Å². The van der Waals surface area contributed by atoms with Crippen LogP contribution in [0.25, 0.3) is 0 Å². The molecule has 0 radical (unpaired) electrons. The van der Waals surface area contributed by atoms with Crippen molar-refractivity contribution in [2.75, 3.05) is 32.8 Å². The lowest BCUT2D eigenvalue weighted by molar-refractivity contribution is -0.142. The van der Waals surface area contributed by atoms with Crippen LogP contribution in [0.4, 0.5) is 4.79 Å². The fourth-order valence-electron chi connectivity index (χ4n) is 2.44. The van der Waals surface area contributed by atoms with Gasteiger partial charge in [0.25, 0.3) is 0 Å². The molecule has 0 aromatic carbocycles. The van der Waals surface area contributed by atoms with Gasteiger partial charge in [-0.2, -0.15) is 0 Å². The highest BCUT2D eigenvalue weighted by Crippen LogP contribution is 2.19. The fraction of sp³-hybridized carbons (Fsp3) is 0.833. The Morgan fingerprint density at radius 2 is 2.25 bits per heavy atom. The number of ether oxygens (including phenoxy) is 1. The Kier molecular flexibility index (Phi) is 6.69. The number of nitrogens with zero attached hydrogens (tertiary/aromatic N) is 1. The number of primary amides is 1. The zero-order valence-electron chi connectivity index (χ0n) is 11.7. The minimum atomic E-state index is -0.989. The molecule has 116 valence electrons. The van der Waals surface area contributed by atoms with Crippen molar-refractivity contribution in [3.05, 3.63) is 0 Å². The molecule has 0 bridgehead atoms. The summed E-state index contributed by atoms with van der Waals surface area (Å²) in [6.07, 6.45) is 0.694. The predicted octanol–water partition coefficient (Wildman–Crippen LogP) is -1.21. The standard InChI is InChI=1S/C12H24N4O4/c1-8(3-13)4-16-5-9(15-12(14)19)2-10(16)6-20-7-11(17)18/h8-10H,2-7,13H2,1H3,(H,17,18)(H3,14,15,19)/t8-,9+,10+/m0/s1. The maximum atomic E-state index is 10.9. The highest BCUT2D eigenvalue weighted by molar-refractivity contribution is 5.72. The summed E-state index contributed by atoms with van der Waals surface area (Å²) in [5.41, 5.74) is 10.8. The molecule has 1 aliphatic heterocycles. The van der Waals surface area contributed by atoms with Gasteiger partial charge in [-0.25, -0.2) is 9.59 Å². The van der Waals surface area contributed by atoms with Crippen LogP contribution >= 0.6 is 0 Å². The first-order chi connectivity index (χ1) is 9.42. The molecule has 1 saturated heterocycles. The molecule has 6 N–H and O–H groups in total. The van der Waals surface area contributed by atoms with Crippen LogP contribution in [0.2, 0.25) is 0 Å². The normalized spacial score (nSPS) is 24.5. The molecule has 1 rings (SSSR count). The second-order valence-electron chi connectivity index (χ2n) is 5.30. The summed E-state index contributed by atoms with van der Waals surface area (Å²) in [5, 5.41) is 11.3. The van der Waals surface area contributed by atoms with Crippen molar-refractivity contribution >= 4 is 12.0 Å². The monoisotopic (exact) mass is 288 g/mol. The van der Waals surface area contributed by atoms with E-state index in [9.17, 15) is 9.59 Å². The van der Waals surface area contributed by atoms with E-state index in [2.05, 4.69) is 10.2 Å². The van der Waals surface area contributed by atoms with Crippen molar-refractivity contribution in [1.29, 1.82) is 0 Å². The third-order valence-corrected chi connectivity index (χ3v) is 3.36. The number of amides is 2. The lowest BCUT2D eigenvalue weighted by Crippen LogP contribution is -2.41. The number of carboxylic acids is 1. The van der Waals surface area contributed by atoms with Crippen LogP contribution in [0.5, 0.6) is 0 Å². The average Bonchev–Trinajstić information content (AvgIpc) is 2.69. The lowest BCUT2D eigenvalue weighted by Gasteiger charge is -2.26. The van der Waals surface area contributed by atoms with Crippen LogP contribution < -0.4 is 16.8 Å². The number of hydrogen-bond acceptors (Lipinski definition) is 5. The SMILES string of the molecule is C[C@@H](CN)CN1C[C@H](NC(N)=O)C[C@@H]1COCC(=O)O. The molecule has 2 amide bonds. The van der Waals surface area contributed by atoms with Gasteiger partial charge in [0.2, 0.25) is 0 Å². The summed E-state index contributed by atoms with van der Waals surface area (Å²) < 4.78 is 5.16. The van der Waals surface area contributed by atoms with Crippen LogP contribution in [-0.4, -0.2) is 66.9 Å². The second-order valence-corrected chi connectivity index (χ2v) is 5.30. The van der Waals surface area contributed by atoms with Gasteiger partial charge in [0.1, 0.15) is 6.61 Å². The van der Waals surface area contributed by atoms with Crippen LogP contribution in [0.3, 0.4) is 0 Å². The molecule has 0 aromatic rings. The third-order valence-electron chi connectivity index (χ3n) is 3.36. The summed E-state index contributed by atoms with van der Waals surface area (Å²) >= 11 is 0. The van der Waals surface area contributed by atoms with E-state index in [1.807, 2.05) is 6.92 Å². The molecule has 0 unspecified atom stereocenters. The summed E-state index contributed by atoms with van der Waals surface area (Å²) in [4.78, 5) is 23.5. The van der Waals surface area contributed by atoms with Crippen LogP contribution in [0.15, 0.2) is 0 Å². The zero-order chi connectivity index (χ0) is 15.1. The van der Waals surface area contributed by atoms with E-state index >= 15 is 0 Å². The largest absolute Gasteiger partial charge is 0.480 e. The molecule has 1 fully saturated rings. The van der Waals surface area contributed by atoms with Crippen LogP contribution in [-0.2, 0) is 9.53 Å². The molecule has 3 atom stereocenters. The highest BCUT2D eigenvalue weighted by atomic mass is 16.5. The minimum absolute atomic E-state index is 0.0316. The number of carbonyl (C=O) groups is 2. The van der Waals surface area contributed by atoms with Gasteiger partial charge < -0.3 is 26.6 Å². The van der Waals surface area contributed by atoms with Crippen LogP contribution in [0, 0.1) is 5.92 Å². The number of carbonyl (C=O) groups excluding carboxylic acids is 1. The Bertz CT molecular complexity index is 339. The molecule has 1 aliphatic rings. The number of rotatable bonds is 8. The molecule has 1 heterocycles. The van der Waals surface area contributed by atoms with Gasteiger partial charge in [-0.1, -0.05) is 6.92 Å². The number of aliphatic carboxylic acids is 1. The van der Waals surface area contributed by atoms with Gasteiger partial charge in [-0.15, -0.1) is 0 Å². The maximum Gasteiger partial charge on any atom is 0.329 e. The number of urea groups is 1. The van der Waals surface area contributed by atoms with Gasteiger partial charge in [-0.3, -0.25) is 4.90 Å². The van der Waals surface area contributed by atoms with Gasteiger partial charge in [0.05, 0.1) is 6.61 Å². The molecule has 0 aliphatic carbocycles. The Labute approximate surface area is 118 Å². The summed E-state index contributed by atoms with van der Waals surface area (Å²) in [7, 11) is 0. The molecule has 0 spiro atoms. The molecule has 0 aromatic heterocycles. The van der Waals surface area contributed by atoms with Crippen molar-refractivity contribution in [3.63, 3.8) is 0 Å². The Morgan fingerprint density at radius 3 is 2.80 bits per heavy atom. The van der Waals surface area contributed by atoms with Crippen molar-refractivity contribution < 1.29 is 19.4 Å². The molecule has 0 saturated carbocycles. The van der Waals surface area contributed by atoms with Gasteiger partial charge in [0.15, 0.2) is 0 Å². The van der Waals surface area contributed by atoms with E-state index < -0.39 is 12.0 Å². The van der Waals surface area contributed by atoms with E-state index in [0.29, 0.717) is 32.0 Å².